The molecule has 0 spiro atoms. The molecule has 0 saturated heterocycles. The Kier molecular flexibility index (Phi) is 8.19. The van der Waals surface area contributed by atoms with E-state index in [0.717, 1.165) is 30.9 Å². The van der Waals surface area contributed by atoms with Crippen molar-refractivity contribution in [3.8, 4) is 0 Å². The van der Waals surface area contributed by atoms with Crippen LogP contribution in [0.2, 0.25) is 0 Å². The topological polar surface area (TPSA) is 49.6 Å². The molecule has 1 amide bonds. The molecule has 0 radical (unpaired) electrons. The number of rotatable bonds is 6. The summed E-state index contributed by atoms with van der Waals surface area (Å²) in [5.41, 5.74) is 7.62. The second kappa shape index (κ2) is 8.77. The largest absolute Gasteiger partial charge is 0.399 e. The van der Waals surface area contributed by atoms with Crippen molar-refractivity contribution in [2.75, 3.05) is 32.4 Å². The minimum atomic E-state index is 0. The van der Waals surface area contributed by atoms with Crippen LogP contribution in [0.5, 0.6) is 0 Å². The Balaban J connectivity index is 0.00000324. The third-order valence-electron chi connectivity index (χ3n) is 2.92. The number of hydrogen-bond acceptors (Lipinski definition) is 3. The zero-order valence-electron chi connectivity index (χ0n) is 11.9. The molecule has 5 heteroatoms. The predicted octanol–water partition coefficient (Wildman–Crippen LogP) is 1.99. The minimum absolute atomic E-state index is 0. The van der Waals surface area contributed by atoms with Crippen LogP contribution in [0.3, 0.4) is 0 Å². The number of amides is 1. The van der Waals surface area contributed by atoms with Crippen LogP contribution in [0, 0.1) is 0 Å². The summed E-state index contributed by atoms with van der Waals surface area (Å²) < 4.78 is 0. The molecule has 1 aromatic carbocycles. The van der Waals surface area contributed by atoms with Crippen molar-refractivity contribution in [3.05, 3.63) is 29.8 Å². The van der Waals surface area contributed by atoms with Crippen LogP contribution in [-0.4, -0.2) is 42.4 Å². The lowest BCUT2D eigenvalue weighted by Crippen LogP contribution is -2.38. The highest BCUT2D eigenvalue weighted by Crippen LogP contribution is 2.08. The first kappa shape index (κ1) is 17.7. The summed E-state index contributed by atoms with van der Waals surface area (Å²) >= 11 is 0. The van der Waals surface area contributed by atoms with E-state index in [1.54, 1.807) is 0 Å². The molecule has 2 N–H and O–H groups in total. The molecule has 1 rings (SSSR count). The quantitative estimate of drug-likeness (QED) is 0.813. The number of anilines is 1. The van der Waals surface area contributed by atoms with Crippen LogP contribution in [-0.2, 0) is 11.3 Å². The first-order valence-electron chi connectivity index (χ1n) is 6.37. The van der Waals surface area contributed by atoms with E-state index in [9.17, 15) is 4.79 Å². The van der Waals surface area contributed by atoms with Gasteiger partial charge < -0.3 is 10.6 Å². The Morgan fingerprint density at radius 3 is 2.42 bits per heavy atom. The van der Waals surface area contributed by atoms with Crippen molar-refractivity contribution in [1.29, 1.82) is 0 Å². The van der Waals surface area contributed by atoms with Crippen LogP contribution in [0.15, 0.2) is 24.3 Å². The van der Waals surface area contributed by atoms with Crippen LogP contribution in [0.25, 0.3) is 0 Å². The highest BCUT2D eigenvalue weighted by atomic mass is 35.5. The zero-order valence-corrected chi connectivity index (χ0v) is 12.7. The van der Waals surface area contributed by atoms with Crippen molar-refractivity contribution in [1.82, 2.24) is 9.80 Å². The molecule has 0 aliphatic rings. The molecule has 0 aromatic heterocycles. The summed E-state index contributed by atoms with van der Waals surface area (Å²) in [6, 6.07) is 7.77. The molecule has 0 aliphatic carbocycles. The van der Waals surface area contributed by atoms with E-state index in [-0.39, 0.29) is 18.3 Å². The summed E-state index contributed by atoms with van der Waals surface area (Å²) in [4.78, 5) is 15.8. The molecule has 4 nitrogen and oxygen atoms in total. The molecule has 19 heavy (non-hydrogen) atoms. The molecular formula is C14H24ClN3O. The van der Waals surface area contributed by atoms with Crippen molar-refractivity contribution in [2.24, 2.45) is 0 Å². The summed E-state index contributed by atoms with van der Waals surface area (Å²) in [7, 11) is 1.95. The van der Waals surface area contributed by atoms with E-state index in [4.69, 9.17) is 5.73 Å². The van der Waals surface area contributed by atoms with Crippen LogP contribution >= 0.6 is 12.4 Å². The van der Waals surface area contributed by atoms with Gasteiger partial charge in [0.2, 0.25) is 5.91 Å². The normalized spacial score (nSPS) is 10.1. The Labute approximate surface area is 122 Å². The van der Waals surface area contributed by atoms with E-state index in [1.807, 2.05) is 55.0 Å². The zero-order chi connectivity index (χ0) is 13.5. The number of benzene rings is 1. The van der Waals surface area contributed by atoms with Crippen molar-refractivity contribution < 1.29 is 4.79 Å². The van der Waals surface area contributed by atoms with E-state index in [1.165, 1.54) is 0 Å². The average molecular weight is 286 g/mol. The molecule has 0 unspecified atom stereocenters. The van der Waals surface area contributed by atoms with Gasteiger partial charge in [-0.1, -0.05) is 12.1 Å². The smallest absolute Gasteiger partial charge is 0.236 e. The maximum absolute atomic E-state index is 11.9. The third-order valence-corrected chi connectivity index (χ3v) is 2.92. The van der Waals surface area contributed by atoms with Gasteiger partial charge >= 0.3 is 0 Å². The Bertz CT molecular complexity index is 394. The number of likely N-dealkylation sites (N-methyl/N-ethyl adjacent to an activating group) is 2. The Morgan fingerprint density at radius 1 is 1.26 bits per heavy atom. The SMILES string of the molecule is CCN(CC)C(=O)CN(C)Cc1cccc(N)c1.Cl. The maximum Gasteiger partial charge on any atom is 0.236 e. The number of carbonyl (C=O) groups excluding carboxylic acids is 1. The second-order valence-electron chi connectivity index (χ2n) is 4.48. The molecule has 0 saturated carbocycles. The van der Waals surface area contributed by atoms with Gasteiger partial charge in [0.1, 0.15) is 0 Å². The highest BCUT2D eigenvalue weighted by molar-refractivity contribution is 5.85. The van der Waals surface area contributed by atoms with Gasteiger partial charge in [-0.3, -0.25) is 9.69 Å². The fraction of sp³-hybridized carbons (Fsp3) is 0.500. The van der Waals surface area contributed by atoms with Gasteiger partial charge in [0, 0.05) is 25.3 Å². The van der Waals surface area contributed by atoms with E-state index in [0.29, 0.717) is 6.54 Å². The number of halogens is 1. The van der Waals surface area contributed by atoms with Gasteiger partial charge in [0.15, 0.2) is 0 Å². The van der Waals surface area contributed by atoms with Crippen LogP contribution in [0.1, 0.15) is 19.4 Å². The van der Waals surface area contributed by atoms with Crippen LogP contribution in [0.4, 0.5) is 5.69 Å². The lowest BCUT2D eigenvalue weighted by atomic mass is 10.2. The highest BCUT2D eigenvalue weighted by Gasteiger charge is 2.12. The summed E-state index contributed by atoms with van der Waals surface area (Å²) in [5, 5.41) is 0. The van der Waals surface area contributed by atoms with E-state index < -0.39 is 0 Å². The van der Waals surface area contributed by atoms with Crippen molar-refractivity contribution >= 4 is 24.0 Å². The molecule has 0 fully saturated rings. The van der Waals surface area contributed by atoms with Gasteiger partial charge in [-0.15, -0.1) is 12.4 Å². The number of nitrogens with two attached hydrogens (primary N) is 1. The third kappa shape index (κ3) is 5.94. The van der Waals surface area contributed by atoms with Gasteiger partial charge in [-0.05, 0) is 38.6 Å². The Morgan fingerprint density at radius 2 is 1.89 bits per heavy atom. The second-order valence-corrected chi connectivity index (χ2v) is 4.48. The summed E-state index contributed by atoms with van der Waals surface area (Å²) in [5.74, 6) is 0.173. The minimum Gasteiger partial charge on any atom is -0.399 e. The van der Waals surface area contributed by atoms with E-state index >= 15 is 0 Å². The van der Waals surface area contributed by atoms with Gasteiger partial charge in [-0.2, -0.15) is 0 Å². The predicted molar refractivity (Wildman–Crippen MR) is 82.4 cm³/mol. The summed E-state index contributed by atoms with van der Waals surface area (Å²) in [6.45, 7) is 6.70. The molecule has 0 aliphatic heterocycles. The standard InChI is InChI=1S/C14H23N3O.ClH/c1-4-17(5-2)14(18)11-16(3)10-12-7-6-8-13(15)9-12;/h6-9H,4-5,10-11,15H2,1-3H3;1H. The molecular weight excluding hydrogens is 262 g/mol. The van der Waals surface area contributed by atoms with Gasteiger partial charge in [0.05, 0.1) is 6.54 Å². The molecule has 108 valence electrons. The molecule has 0 heterocycles. The van der Waals surface area contributed by atoms with Gasteiger partial charge in [-0.25, -0.2) is 0 Å². The monoisotopic (exact) mass is 285 g/mol. The van der Waals surface area contributed by atoms with Crippen molar-refractivity contribution in [3.63, 3.8) is 0 Å². The fourth-order valence-corrected chi connectivity index (χ4v) is 1.97. The molecule has 0 atom stereocenters. The number of nitrogen functional groups attached to an aromatic ring is 1. The lowest BCUT2D eigenvalue weighted by molar-refractivity contribution is -0.131. The first-order valence-corrected chi connectivity index (χ1v) is 6.37. The molecule has 1 aromatic rings. The van der Waals surface area contributed by atoms with Crippen molar-refractivity contribution in [2.45, 2.75) is 20.4 Å². The summed E-state index contributed by atoms with van der Waals surface area (Å²) in [6.07, 6.45) is 0. The number of hydrogen-bond donors (Lipinski definition) is 1. The number of nitrogens with zero attached hydrogens (tertiary/aromatic N) is 2. The average Bonchev–Trinajstić information content (AvgIpc) is 2.30. The molecule has 0 bridgehead atoms. The van der Waals surface area contributed by atoms with Gasteiger partial charge in [0.25, 0.3) is 0 Å². The fourth-order valence-electron chi connectivity index (χ4n) is 1.97. The van der Waals surface area contributed by atoms with Crippen LogP contribution < -0.4 is 5.73 Å². The number of carbonyl (C=O) groups is 1. The Hall–Kier alpha value is -1.26. The maximum atomic E-state index is 11.9. The lowest BCUT2D eigenvalue weighted by Gasteiger charge is -2.23. The van der Waals surface area contributed by atoms with E-state index in [2.05, 4.69) is 0 Å². The first-order chi connectivity index (χ1) is 8.56.